The summed E-state index contributed by atoms with van der Waals surface area (Å²) >= 11 is 6.06. The third-order valence-corrected chi connectivity index (χ3v) is 6.69. The second-order valence-corrected chi connectivity index (χ2v) is 8.98. The van der Waals surface area contributed by atoms with Crippen LogP contribution in [0.3, 0.4) is 0 Å². The monoisotopic (exact) mass is 212 g/mol. The minimum absolute atomic E-state index is 0.131. The molecule has 0 saturated carbocycles. The topological polar surface area (TPSA) is 0 Å². The van der Waals surface area contributed by atoms with Crippen LogP contribution in [0.25, 0.3) is 0 Å². The highest BCUT2D eigenvalue weighted by Gasteiger charge is 2.02. The van der Waals surface area contributed by atoms with Gasteiger partial charge in [-0.05, 0) is 45.0 Å². The van der Waals surface area contributed by atoms with E-state index in [1.807, 2.05) is 0 Å². The molecule has 0 spiro atoms. The lowest BCUT2D eigenvalue weighted by molar-refractivity contribution is 1.10. The first-order valence-corrected chi connectivity index (χ1v) is 9.07. The summed E-state index contributed by atoms with van der Waals surface area (Å²) in [6.07, 6.45) is 6.63. The molecule has 0 nitrogen and oxygen atoms in total. The smallest absolute Gasteiger partial charge is 0.01000 e. The summed E-state index contributed by atoms with van der Waals surface area (Å²) in [5.41, 5.74) is 0. The zero-order valence-corrected chi connectivity index (χ0v) is 10.4. The fourth-order valence-corrected chi connectivity index (χ4v) is 3.27. The molecular weight excluding hydrogens is 193 g/mol. The van der Waals surface area contributed by atoms with Crippen LogP contribution in [0.1, 0.15) is 20.3 Å². The van der Waals surface area contributed by atoms with Gasteiger partial charge in [0.1, 0.15) is 0 Å². The van der Waals surface area contributed by atoms with Gasteiger partial charge in [-0.25, -0.2) is 0 Å². The fraction of sp³-hybridized carbons (Fsp3) is 1.00. The molecular formula is C8H19ClP2. The van der Waals surface area contributed by atoms with Crippen molar-refractivity contribution >= 4 is 26.4 Å². The molecule has 11 heavy (non-hydrogen) atoms. The van der Waals surface area contributed by atoms with E-state index in [9.17, 15) is 0 Å². The van der Waals surface area contributed by atoms with E-state index in [1.54, 1.807) is 0 Å². The Morgan fingerprint density at radius 1 is 1.09 bits per heavy atom. The molecule has 0 N–H and O–H groups in total. The lowest BCUT2D eigenvalue weighted by atomic mass is 10.6. The SMILES string of the molecule is CCP(C)CCCP(Cl)CC. The maximum Gasteiger partial charge on any atom is -0.01000 e. The molecule has 0 heterocycles. The van der Waals surface area contributed by atoms with Gasteiger partial charge >= 0.3 is 0 Å². The van der Waals surface area contributed by atoms with Gasteiger partial charge in [0.2, 0.25) is 0 Å². The van der Waals surface area contributed by atoms with Crippen molar-refractivity contribution in [2.75, 3.05) is 31.3 Å². The zero-order chi connectivity index (χ0) is 8.69. The number of halogens is 1. The van der Waals surface area contributed by atoms with E-state index >= 15 is 0 Å². The Kier molecular flexibility index (Phi) is 8.59. The van der Waals surface area contributed by atoms with E-state index in [0.717, 1.165) is 0 Å². The average molecular weight is 213 g/mol. The first-order valence-electron chi connectivity index (χ1n) is 4.30. The summed E-state index contributed by atoms with van der Waals surface area (Å²) in [4.78, 5) is 0. The van der Waals surface area contributed by atoms with Crippen LogP contribution < -0.4 is 0 Å². The Labute approximate surface area is 78.4 Å². The van der Waals surface area contributed by atoms with E-state index in [-0.39, 0.29) is 7.27 Å². The first kappa shape index (κ1) is 12.2. The highest BCUT2D eigenvalue weighted by Crippen LogP contribution is 2.42. The molecule has 0 aromatic rings. The molecule has 0 amide bonds. The van der Waals surface area contributed by atoms with Crippen LogP contribution >= 0.6 is 26.4 Å². The van der Waals surface area contributed by atoms with Gasteiger partial charge in [-0.1, -0.05) is 25.1 Å². The van der Waals surface area contributed by atoms with Gasteiger partial charge in [-0.3, -0.25) is 0 Å². The van der Waals surface area contributed by atoms with Gasteiger partial charge in [0.25, 0.3) is 0 Å². The largest absolute Gasteiger partial charge is 0.110 e. The Hall–Kier alpha value is 1.15. The predicted molar refractivity (Wildman–Crippen MR) is 61.1 cm³/mol. The van der Waals surface area contributed by atoms with Crippen molar-refractivity contribution in [3.63, 3.8) is 0 Å². The molecule has 68 valence electrons. The quantitative estimate of drug-likeness (QED) is 0.580. The predicted octanol–water partition coefficient (Wildman–Crippen LogP) is 4.16. The second kappa shape index (κ2) is 7.78. The van der Waals surface area contributed by atoms with E-state index in [4.69, 9.17) is 11.2 Å². The summed E-state index contributed by atoms with van der Waals surface area (Å²) in [6.45, 7) is 6.86. The van der Waals surface area contributed by atoms with Gasteiger partial charge in [0, 0.05) is 0 Å². The van der Waals surface area contributed by atoms with E-state index in [1.165, 1.54) is 31.1 Å². The molecule has 0 rings (SSSR count). The molecule has 0 bridgehead atoms. The van der Waals surface area contributed by atoms with Gasteiger partial charge in [0.15, 0.2) is 0 Å². The highest BCUT2D eigenvalue weighted by atomic mass is 35.7. The molecule has 3 heteroatoms. The van der Waals surface area contributed by atoms with Gasteiger partial charge in [0.05, 0.1) is 0 Å². The Balaban J connectivity index is 3.13. The van der Waals surface area contributed by atoms with Crippen molar-refractivity contribution in [1.82, 2.24) is 0 Å². The van der Waals surface area contributed by atoms with Gasteiger partial charge < -0.3 is 0 Å². The average Bonchev–Trinajstić information content (AvgIpc) is 2.04. The molecule has 0 aliphatic carbocycles. The fourth-order valence-electron chi connectivity index (χ4n) is 0.828. The maximum absolute atomic E-state index is 6.06. The lowest BCUT2D eigenvalue weighted by Gasteiger charge is -2.10. The van der Waals surface area contributed by atoms with Crippen molar-refractivity contribution in [2.24, 2.45) is 0 Å². The molecule has 0 radical (unpaired) electrons. The number of rotatable bonds is 6. The highest BCUT2D eigenvalue weighted by molar-refractivity contribution is 7.83. The van der Waals surface area contributed by atoms with Crippen molar-refractivity contribution < 1.29 is 0 Å². The van der Waals surface area contributed by atoms with Crippen LogP contribution in [-0.4, -0.2) is 31.3 Å². The minimum Gasteiger partial charge on any atom is -0.110 e. The number of hydrogen-bond acceptors (Lipinski definition) is 0. The van der Waals surface area contributed by atoms with Gasteiger partial charge in [-0.2, -0.15) is 0 Å². The third-order valence-electron chi connectivity index (χ3n) is 1.82. The third kappa shape index (κ3) is 7.51. The van der Waals surface area contributed by atoms with Gasteiger partial charge in [-0.15, -0.1) is 7.92 Å². The van der Waals surface area contributed by atoms with E-state index in [0.29, 0.717) is 7.92 Å². The zero-order valence-electron chi connectivity index (χ0n) is 7.81. The molecule has 0 aromatic heterocycles. The molecule has 0 aliphatic rings. The van der Waals surface area contributed by atoms with Crippen LogP contribution in [0.5, 0.6) is 0 Å². The van der Waals surface area contributed by atoms with Crippen molar-refractivity contribution in [2.45, 2.75) is 20.3 Å². The van der Waals surface area contributed by atoms with Crippen LogP contribution in [0.2, 0.25) is 0 Å². The van der Waals surface area contributed by atoms with Crippen LogP contribution in [0.4, 0.5) is 0 Å². The van der Waals surface area contributed by atoms with Crippen molar-refractivity contribution in [1.29, 1.82) is 0 Å². The summed E-state index contributed by atoms with van der Waals surface area (Å²) in [7, 11) is 0.206. The molecule has 0 aliphatic heterocycles. The Bertz CT molecular complexity index is 78.2. The molecule has 0 fully saturated rings. The Morgan fingerprint density at radius 3 is 2.18 bits per heavy atom. The number of hydrogen-bond donors (Lipinski definition) is 0. The normalized spacial score (nSPS) is 16.4. The standard InChI is InChI=1S/C8H19ClP2/c1-4-10(3)7-6-8-11(9)5-2/h4-8H2,1-3H3. The second-order valence-electron chi connectivity index (χ2n) is 2.75. The van der Waals surface area contributed by atoms with Crippen LogP contribution in [-0.2, 0) is 0 Å². The maximum atomic E-state index is 6.06. The summed E-state index contributed by atoms with van der Waals surface area (Å²) < 4.78 is 0. The van der Waals surface area contributed by atoms with Crippen molar-refractivity contribution in [3.8, 4) is 0 Å². The molecule has 2 unspecified atom stereocenters. The molecule has 2 atom stereocenters. The van der Waals surface area contributed by atoms with Crippen molar-refractivity contribution in [3.05, 3.63) is 0 Å². The van der Waals surface area contributed by atoms with Crippen LogP contribution in [0, 0.1) is 0 Å². The summed E-state index contributed by atoms with van der Waals surface area (Å²) in [6, 6.07) is 0. The van der Waals surface area contributed by atoms with E-state index < -0.39 is 0 Å². The summed E-state index contributed by atoms with van der Waals surface area (Å²) in [5, 5.41) is 0. The molecule has 0 saturated heterocycles. The lowest BCUT2D eigenvalue weighted by Crippen LogP contribution is -1.89. The van der Waals surface area contributed by atoms with Crippen LogP contribution in [0.15, 0.2) is 0 Å². The van der Waals surface area contributed by atoms with E-state index in [2.05, 4.69) is 20.5 Å². The summed E-state index contributed by atoms with van der Waals surface area (Å²) in [5.74, 6) is 0. The Morgan fingerprint density at radius 2 is 1.73 bits per heavy atom. The molecule has 0 aromatic carbocycles. The first-order chi connectivity index (χ1) is 5.20. The minimum atomic E-state index is -0.131.